The molecule has 160 valence electrons. The summed E-state index contributed by atoms with van der Waals surface area (Å²) in [7, 11) is 3.49. The molecule has 0 spiro atoms. The second-order valence-corrected chi connectivity index (χ2v) is 8.44. The molecule has 3 rings (SSSR count). The van der Waals surface area contributed by atoms with Gasteiger partial charge in [0.2, 0.25) is 11.8 Å². The third-order valence-corrected chi connectivity index (χ3v) is 6.29. The third-order valence-electron chi connectivity index (χ3n) is 6.29. The highest BCUT2D eigenvalue weighted by Gasteiger charge is 2.38. The van der Waals surface area contributed by atoms with Crippen LogP contribution in [0.2, 0.25) is 0 Å². The van der Waals surface area contributed by atoms with Crippen molar-refractivity contribution in [1.82, 2.24) is 10.2 Å². The van der Waals surface area contributed by atoms with Crippen molar-refractivity contribution in [2.24, 2.45) is 0 Å². The van der Waals surface area contributed by atoms with Crippen LogP contribution in [0.5, 0.6) is 5.75 Å². The Bertz CT molecular complexity index is 876. The van der Waals surface area contributed by atoms with Crippen LogP contribution in [0, 0.1) is 6.92 Å². The number of methoxy groups -OCH3 is 1. The summed E-state index contributed by atoms with van der Waals surface area (Å²) in [5.41, 5.74) is 3.13. The van der Waals surface area contributed by atoms with Gasteiger partial charge in [-0.1, -0.05) is 42.0 Å². The summed E-state index contributed by atoms with van der Waals surface area (Å²) < 4.78 is 5.21. The van der Waals surface area contributed by atoms with Gasteiger partial charge >= 0.3 is 0 Å². The Morgan fingerprint density at radius 2 is 1.83 bits per heavy atom. The first-order valence-electron chi connectivity index (χ1n) is 10.6. The Labute approximate surface area is 179 Å². The molecule has 5 nitrogen and oxygen atoms in total. The van der Waals surface area contributed by atoms with Crippen LogP contribution in [-0.4, -0.2) is 36.4 Å². The first-order valence-corrected chi connectivity index (χ1v) is 10.6. The van der Waals surface area contributed by atoms with Crippen molar-refractivity contribution in [2.45, 2.75) is 57.5 Å². The van der Waals surface area contributed by atoms with Gasteiger partial charge in [0.25, 0.3) is 0 Å². The highest BCUT2D eigenvalue weighted by Crippen LogP contribution is 2.31. The summed E-state index contributed by atoms with van der Waals surface area (Å²) in [5, 5.41) is 3.17. The van der Waals surface area contributed by atoms with Crippen LogP contribution in [0.25, 0.3) is 0 Å². The van der Waals surface area contributed by atoms with Gasteiger partial charge in [-0.15, -0.1) is 0 Å². The minimum Gasteiger partial charge on any atom is -0.497 e. The molecule has 0 bridgehead atoms. The van der Waals surface area contributed by atoms with Crippen molar-refractivity contribution in [3.05, 3.63) is 65.2 Å². The van der Waals surface area contributed by atoms with Crippen LogP contribution >= 0.6 is 0 Å². The molecule has 1 heterocycles. The molecule has 1 fully saturated rings. The second-order valence-electron chi connectivity index (χ2n) is 8.44. The van der Waals surface area contributed by atoms with Gasteiger partial charge in [0.15, 0.2) is 0 Å². The Hall–Kier alpha value is -2.82. The van der Waals surface area contributed by atoms with E-state index in [1.165, 1.54) is 11.1 Å². The van der Waals surface area contributed by atoms with Crippen LogP contribution in [0.1, 0.15) is 55.3 Å². The summed E-state index contributed by atoms with van der Waals surface area (Å²) >= 11 is 0. The van der Waals surface area contributed by atoms with Crippen LogP contribution in [0.15, 0.2) is 48.5 Å². The molecule has 2 aromatic rings. The Kier molecular flexibility index (Phi) is 6.80. The molecular formula is C25H32N2O3. The first kappa shape index (κ1) is 21.9. The minimum absolute atomic E-state index is 0.0328. The molecule has 1 N–H and O–H groups in total. The van der Waals surface area contributed by atoms with E-state index in [9.17, 15) is 9.59 Å². The van der Waals surface area contributed by atoms with Gasteiger partial charge < -0.3 is 15.0 Å². The van der Waals surface area contributed by atoms with E-state index in [2.05, 4.69) is 36.5 Å². The Morgan fingerprint density at radius 3 is 2.40 bits per heavy atom. The maximum absolute atomic E-state index is 12.9. The summed E-state index contributed by atoms with van der Waals surface area (Å²) in [5.74, 6) is 0.965. The number of hydrogen-bond donors (Lipinski definition) is 1. The fourth-order valence-electron chi connectivity index (χ4n) is 4.12. The predicted molar refractivity (Wildman–Crippen MR) is 118 cm³/mol. The molecule has 2 unspecified atom stereocenters. The molecule has 1 aliphatic rings. The molecule has 30 heavy (non-hydrogen) atoms. The molecule has 2 amide bonds. The van der Waals surface area contributed by atoms with Crippen molar-refractivity contribution in [1.29, 1.82) is 0 Å². The van der Waals surface area contributed by atoms with E-state index >= 15 is 0 Å². The molecule has 0 radical (unpaired) electrons. The van der Waals surface area contributed by atoms with Crippen molar-refractivity contribution >= 4 is 11.8 Å². The topological polar surface area (TPSA) is 58.6 Å². The standard InChI is InChI=1S/C25H32N2O3/c1-18-5-7-20(8-6-18)17-25(15-13-23(28)26-25)16-14-24(29)27(3)19(2)21-9-11-22(30-4)12-10-21/h5-12,19H,13-17H2,1-4H3,(H,26,28). The smallest absolute Gasteiger partial charge is 0.222 e. The van der Waals surface area contributed by atoms with E-state index in [-0.39, 0.29) is 23.4 Å². The molecule has 0 saturated carbocycles. The molecule has 1 aliphatic heterocycles. The average molecular weight is 409 g/mol. The maximum Gasteiger partial charge on any atom is 0.222 e. The summed E-state index contributed by atoms with van der Waals surface area (Å²) in [6, 6.07) is 16.2. The molecule has 0 aliphatic carbocycles. The monoisotopic (exact) mass is 408 g/mol. The zero-order chi connectivity index (χ0) is 21.7. The number of nitrogens with one attached hydrogen (secondary N) is 1. The van der Waals surface area contributed by atoms with Crippen LogP contribution < -0.4 is 10.1 Å². The number of amides is 2. The molecule has 2 aromatic carbocycles. The zero-order valence-corrected chi connectivity index (χ0v) is 18.4. The van der Waals surface area contributed by atoms with Crippen molar-refractivity contribution in [2.75, 3.05) is 14.2 Å². The third kappa shape index (κ3) is 5.21. The molecule has 1 saturated heterocycles. The lowest BCUT2D eigenvalue weighted by Crippen LogP contribution is -2.44. The second kappa shape index (κ2) is 9.33. The number of ether oxygens (including phenoxy) is 1. The SMILES string of the molecule is COc1ccc(C(C)N(C)C(=O)CCC2(Cc3ccc(C)cc3)CCC(=O)N2)cc1. The van der Waals surface area contributed by atoms with Crippen LogP contribution in [0.3, 0.4) is 0 Å². The fourth-order valence-corrected chi connectivity index (χ4v) is 4.12. The van der Waals surface area contributed by atoms with E-state index in [1.807, 2.05) is 38.2 Å². The van der Waals surface area contributed by atoms with Gasteiger partial charge in [-0.2, -0.15) is 0 Å². The van der Waals surface area contributed by atoms with Gasteiger partial charge in [-0.3, -0.25) is 9.59 Å². The van der Waals surface area contributed by atoms with Gasteiger partial charge in [0.1, 0.15) is 5.75 Å². The normalized spacial score (nSPS) is 19.3. The fraction of sp³-hybridized carbons (Fsp3) is 0.440. The lowest BCUT2D eigenvalue weighted by Gasteiger charge is -2.31. The number of aryl methyl sites for hydroxylation is 1. The molecular weight excluding hydrogens is 376 g/mol. The van der Waals surface area contributed by atoms with Crippen LogP contribution in [-0.2, 0) is 16.0 Å². The molecule has 0 aromatic heterocycles. The van der Waals surface area contributed by atoms with E-state index in [1.54, 1.807) is 12.0 Å². The number of benzene rings is 2. The number of carbonyl (C=O) groups is 2. The first-order chi connectivity index (χ1) is 14.3. The van der Waals surface area contributed by atoms with E-state index in [0.717, 1.165) is 24.2 Å². The largest absolute Gasteiger partial charge is 0.497 e. The summed E-state index contributed by atoms with van der Waals surface area (Å²) in [6.07, 6.45) is 3.10. The predicted octanol–water partition coefficient (Wildman–Crippen LogP) is 4.19. The van der Waals surface area contributed by atoms with E-state index < -0.39 is 0 Å². The van der Waals surface area contributed by atoms with Gasteiger partial charge in [-0.25, -0.2) is 0 Å². The van der Waals surface area contributed by atoms with Crippen molar-refractivity contribution < 1.29 is 14.3 Å². The Balaban J connectivity index is 1.64. The summed E-state index contributed by atoms with van der Waals surface area (Å²) in [6.45, 7) is 4.09. The number of nitrogens with zero attached hydrogens (tertiary/aromatic N) is 1. The van der Waals surface area contributed by atoms with Gasteiger partial charge in [0.05, 0.1) is 13.2 Å². The quantitative estimate of drug-likeness (QED) is 0.712. The number of rotatable bonds is 8. The Morgan fingerprint density at radius 1 is 1.17 bits per heavy atom. The molecule has 2 atom stereocenters. The van der Waals surface area contributed by atoms with Crippen molar-refractivity contribution in [3.63, 3.8) is 0 Å². The lowest BCUT2D eigenvalue weighted by molar-refractivity contribution is -0.132. The van der Waals surface area contributed by atoms with Gasteiger partial charge in [-0.05, 0) is 56.4 Å². The highest BCUT2D eigenvalue weighted by atomic mass is 16.5. The number of carbonyl (C=O) groups excluding carboxylic acids is 2. The van der Waals surface area contributed by atoms with Crippen LogP contribution in [0.4, 0.5) is 0 Å². The molecule has 5 heteroatoms. The van der Waals surface area contributed by atoms with E-state index in [0.29, 0.717) is 19.3 Å². The zero-order valence-electron chi connectivity index (χ0n) is 18.4. The van der Waals surface area contributed by atoms with E-state index in [4.69, 9.17) is 4.74 Å². The number of hydrogen-bond acceptors (Lipinski definition) is 3. The highest BCUT2D eigenvalue weighted by molar-refractivity contribution is 5.80. The van der Waals surface area contributed by atoms with Crippen molar-refractivity contribution in [3.8, 4) is 5.75 Å². The average Bonchev–Trinajstić information content (AvgIpc) is 3.13. The lowest BCUT2D eigenvalue weighted by atomic mass is 9.84. The summed E-state index contributed by atoms with van der Waals surface area (Å²) in [4.78, 5) is 26.7. The van der Waals surface area contributed by atoms with Gasteiger partial charge in [0, 0.05) is 25.4 Å². The maximum atomic E-state index is 12.9. The minimum atomic E-state index is -0.341.